The summed E-state index contributed by atoms with van der Waals surface area (Å²) in [6, 6.07) is 4.13. The number of hydrogen-bond donors (Lipinski definition) is 0. The molecule has 0 unspecified atom stereocenters. The van der Waals surface area contributed by atoms with Gasteiger partial charge in [0, 0.05) is 35.4 Å². The van der Waals surface area contributed by atoms with Gasteiger partial charge in [0.05, 0.1) is 43.8 Å². The van der Waals surface area contributed by atoms with Gasteiger partial charge in [-0.2, -0.15) is 0 Å². The first-order valence-corrected chi connectivity index (χ1v) is 7.14. The van der Waals surface area contributed by atoms with E-state index in [-0.39, 0.29) is 60.3 Å². The molecule has 0 amide bonds. The van der Waals surface area contributed by atoms with E-state index in [1.807, 2.05) is 0 Å². The van der Waals surface area contributed by atoms with Crippen LogP contribution in [0, 0.1) is 40.5 Å². The van der Waals surface area contributed by atoms with Crippen LogP contribution in [0.4, 0.5) is 22.7 Å². The van der Waals surface area contributed by atoms with Gasteiger partial charge in [0.25, 0.3) is 22.7 Å². The number of rotatable bonds is 6. The molecule has 0 aliphatic heterocycles. The normalized spacial score (nSPS) is 7.38. The van der Waals surface area contributed by atoms with Crippen LogP contribution in [0.15, 0.2) is 36.4 Å². The van der Waals surface area contributed by atoms with Crippen LogP contribution in [0.2, 0.25) is 0 Å². The Morgan fingerprint density at radius 2 is 0.615 bits per heavy atom. The molecule has 2 aromatic rings. The molecule has 0 saturated heterocycles. The number of carboxylic acid groups (broad SMARTS) is 2. The van der Waals surface area contributed by atoms with Crippen molar-refractivity contribution in [3.8, 4) is 0 Å². The van der Waals surface area contributed by atoms with Gasteiger partial charge < -0.3 is 63.6 Å². The van der Waals surface area contributed by atoms with E-state index >= 15 is 0 Å². The first-order valence-electron chi connectivity index (χ1n) is 7.14. The molecule has 2 rings (SSSR count). The fourth-order valence-electron chi connectivity index (χ4n) is 1.85. The average Bonchev–Trinajstić information content (AvgIpc) is 2.67. The Hall–Kier alpha value is -4.85. The van der Waals surface area contributed by atoms with E-state index in [1.54, 1.807) is 0 Å². The molecule has 0 bridgehead atoms. The third-order valence-electron chi connectivity index (χ3n) is 3.12. The summed E-state index contributed by atoms with van der Waals surface area (Å²) in [6.07, 6.45) is 0. The van der Waals surface area contributed by atoms with Gasteiger partial charge in [-0.05, 0) is 0 Å². The smallest absolute Gasteiger partial charge is 0.545 e. The standard InChI is InChI=1S/2C7H4N2O6.Ni.8H2O/c2*10-7(11)4-1-5(8(12)13)3-6(2-4)9(14)15;;;;;;;;;/h2*1-3H,(H,10,11);;8*1H2/q;;+2;;;;;;;;/p+2. The second-order valence-electron chi connectivity index (χ2n) is 5.08. The summed E-state index contributed by atoms with van der Waals surface area (Å²) in [5.74, 6) is -3.41. The van der Waals surface area contributed by atoms with Crippen LogP contribution in [-0.2, 0) is 38.4 Å². The number of carboxylic acids is 2. The molecule has 2 aromatic carbocycles. The maximum atomic E-state index is 10.4. The van der Waals surface area contributed by atoms with Crippen molar-refractivity contribution in [2.75, 3.05) is 0 Å². The van der Waals surface area contributed by atoms with Gasteiger partial charge in [0.2, 0.25) is 0 Å². The zero-order chi connectivity index (χ0) is 23.2. The zero-order valence-corrected chi connectivity index (χ0v) is 19.8. The molecule has 0 radical (unpaired) electrons. The van der Waals surface area contributed by atoms with Crippen LogP contribution in [-0.4, -0.2) is 53.5 Å². The minimum absolute atomic E-state index is 0. The molecule has 0 fully saturated rings. The number of aromatic carboxylic acids is 2. The molecule has 24 nitrogen and oxygen atoms in total. The quantitative estimate of drug-likeness (QED) is 0.124. The van der Waals surface area contributed by atoms with Gasteiger partial charge in [-0.25, -0.2) is 0 Å². The minimum atomic E-state index is -1.71. The fourth-order valence-corrected chi connectivity index (χ4v) is 1.85. The van der Waals surface area contributed by atoms with E-state index in [0.29, 0.717) is 36.4 Å². The summed E-state index contributed by atoms with van der Waals surface area (Å²) in [5, 5.41) is 62.1. The summed E-state index contributed by atoms with van der Waals surface area (Å²) in [6.45, 7) is 0. The number of nitrogens with zero attached hydrogens (tertiary/aromatic N) is 4. The van der Waals surface area contributed by atoms with E-state index in [1.165, 1.54) is 0 Å². The average molecular weight is 629 g/mol. The van der Waals surface area contributed by atoms with Crippen LogP contribution in [0.5, 0.6) is 0 Å². The number of benzene rings is 2. The molecular weight excluding hydrogens is 603 g/mol. The molecule has 25 heteroatoms. The van der Waals surface area contributed by atoms with E-state index in [2.05, 4.69) is 0 Å². The number of carbonyl (C=O) groups excluding carboxylic acids is 2. The second kappa shape index (κ2) is 24.8. The van der Waals surface area contributed by atoms with Gasteiger partial charge in [-0.1, -0.05) is 0 Å². The van der Waals surface area contributed by atoms with Crippen LogP contribution < -0.4 is 10.2 Å². The van der Waals surface area contributed by atoms with Crippen molar-refractivity contribution in [1.29, 1.82) is 0 Å². The van der Waals surface area contributed by atoms with Crippen molar-refractivity contribution in [3.63, 3.8) is 0 Å². The van der Waals surface area contributed by atoms with E-state index in [0.717, 1.165) is 0 Å². The van der Waals surface area contributed by atoms with E-state index < -0.39 is 65.5 Å². The second-order valence-corrected chi connectivity index (χ2v) is 5.08. The van der Waals surface area contributed by atoms with Crippen LogP contribution in [0.1, 0.15) is 20.7 Å². The first kappa shape index (κ1) is 59.3. The molecular formula is C14H26N4NiO20+4. The molecule has 39 heavy (non-hydrogen) atoms. The Morgan fingerprint density at radius 1 is 0.462 bits per heavy atom. The molecule has 0 aliphatic carbocycles. The molecule has 0 aromatic heterocycles. The summed E-state index contributed by atoms with van der Waals surface area (Å²) in [7, 11) is 0. The van der Waals surface area contributed by atoms with Crippen LogP contribution in [0.3, 0.4) is 0 Å². The Morgan fingerprint density at radius 3 is 0.718 bits per heavy atom. The largest absolute Gasteiger partial charge is 2.00 e. The van der Waals surface area contributed by atoms with Gasteiger partial charge in [0.1, 0.15) is 0 Å². The SMILES string of the molecule is O.O.O.O.O=C([O-])c1cc([N+](=O)[O-])cc([N+](=O)[O-])c1.O=C([O-])c1cc([N+](=O)[O-])cc([N+](=O)[O-])c1.[Ni+2].[OH3+].[OH3+].[OH3+].[OH3+]. The molecule has 0 aliphatic rings. The van der Waals surface area contributed by atoms with E-state index in [9.17, 15) is 60.3 Å². The van der Waals surface area contributed by atoms with Crippen molar-refractivity contribution in [1.82, 2.24) is 0 Å². The van der Waals surface area contributed by atoms with Crippen LogP contribution >= 0.6 is 0 Å². The monoisotopic (exact) mass is 628 g/mol. The summed E-state index contributed by atoms with van der Waals surface area (Å²) >= 11 is 0. The van der Waals surface area contributed by atoms with Gasteiger partial charge in [0.15, 0.2) is 0 Å². The Balaban J connectivity index is -0.0000000536. The molecule has 0 atom stereocenters. The summed E-state index contributed by atoms with van der Waals surface area (Å²) < 4.78 is 0. The molecule has 0 saturated carbocycles. The molecule has 20 N–H and O–H groups in total. The number of nitro benzene ring substituents is 4. The fraction of sp³-hybridized carbons (Fsp3) is 0. The Bertz CT molecular complexity index is 853. The topological polar surface area (TPSA) is 511 Å². The maximum absolute atomic E-state index is 10.4. The number of non-ortho nitro benzene ring substituents is 4. The van der Waals surface area contributed by atoms with Crippen molar-refractivity contribution in [2.45, 2.75) is 0 Å². The van der Waals surface area contributed by atoms with Gasteiger partial charge in [-0.3, -0.25) is 40.5 Å². The number of carbonyl (C=O) groups is 2. The van der Waals surface area contributed by atoms with Gasteiger partial charge >= 0.3 is 16.5 Å². The first-order chi connectivity index (χ1) is 13.8. The third kappa shape index (κ3) is 17.3. The number of nitro groups is 4. The number of hydrogen-bond acceptors (Lipinski definition) is 12. The molecule has 228 valence electrons. The van der Waals surface area contributed by atoms with Crippen molar-refractivity contribution >= 4 is 34.7 Å². The maximum Gasteiger partial charge on any atom is 2.00 e. The van der Waals surface area contributed by atoms with Gasteiger partial charge in [-0.15, -0.1) is 0 Å². The molecule has 0 spiro atoms. The predicted octanol–water partition coefficient (Wildman–Crippen LogP) is -7.26. The predicted molar refractivity (Wildman–Crippen MR) is 122 cm³/mol. The Labute approximate surface area is 223 Å². The van der Waals surface area contributed by atoms with Crippen molar-refractivity contribution in [3.05, 3.63) is 88.0 Å². The van der Waals surface area contributed by atoms with E-state index in [4.69, 9.17) is 0 Å². The zero-order valence-electron chi connectivity index (χ0n) is 18.8. The third-order valence-corrected chi connectivity index (χ3v) is 3.12. The summed E-state index contributed by atoms with van der Waals surface area (Å²) in [4.78, 5) is 58.4. The van der Waals surface area contributed by atoms with Crippen LogP contribution in [0.25, 0.3) is 0 Å². The Kier molecular flexibility index (Phi) is 37.8. The van der Waals surface area contributed by atoms with Crippen molar-refractivity contribution in [2.24, 2.45) is 0 Å². The molecule has 0 heterocycles. The van der Waals surface area contributed by atoms with Crippen molar-refractivity contribution < 1.29 is 99.8 Å². The minimum Gasteiger partial charge on any atom is -0.545 e. The summed E-state index contributed by atoms with van der Waals surface area (Å²) in [5.41, 5.74) is -3.86.